The van der Waals surface area contributed by atoms with Gasteiger partial charge in [-0.15, -0.1) is 0 Å². The van der Waals surface area contributed by atoms with E-state index in [0.717, 1.165) is 6.08 Å². The number of benzene rings is 1. The van der Waals surface area contributed by atoms with E-state index in [-0.39, 0.29) is 11.1 Å². The van der Waals surface area contributed by atoms with Crippen molar-refractivity contribution in [1.29, 1.82) is 0 Å². The van der Waals surface area contributed by atoms with Gasteiger partial charge in [-0.25, -0.2) is 0 Å². The SMILES string of the molecule is Nc1ccc2c(c1)C=CC(S(=O)(=O)O)C2(N)S(=O)(=O)O. The third-order valence-electron chi connectivity index (χ3n) is 3.12. The predicted octanol–water partition coefficient (Wildman–Crippen LogP) is -0.449. The van der Waals surface area contributed by atoms with E-state index in [0.29, 0.717) is 5.69 Å². The lowest BCUT2D eigenvalue weighted by Gasteiger charge is -2.35. The number of hydrogen-bond donors (Lipinski definition) is 4. The summed E-state index contributed by atoms with van der Waals surface area (Å²) in [5.41, 5.74) is 11.6. The molecule has 2 unspecified atom stereocenters. The van der Waals surface area contributed by atoms with Gasteiger partial charge < -0.3 is 11.5 Å². The highest BCUT2D eigenvalue weighted by Gasteiger charge is 2.54. The van der Waals surface area contributed by atoms with E-state index in [1.54, 1.807) is 0 Å². The van der Waals surface area contributed by atoms with Crippen LogP contribution >= 0.6 is 0 Å². The smallest absolute Gasteiger partial charge is 0.290 e. The Balaban J connectivity index is 2.86. The zero-order chi connectivity index (χ0) is 15.3. The molecule has 0 radical (unpaired) electrons. The molecular formula is C10H12N2O6S2. The molecule has 1 aromatic rings. The molecule has 2 rings (SSSR count). The van der Waals surface area contributed by atoms with E-state index in [9.17, 15) is 21.4 Å². The molecule has 0 spiro atoms. The highest BCUT2D eigenvalue weighted by Crippen LogP contribution is 2.39. The van der Waals surface area contributed by atoms with Gasteiger partial charge in [0.2, 0.25) is 0 Å². The first-order valence-electron chi connectivity index (χ1n) is 5.28. The quantitative estimate of drug-likeness (QED) is 0.421. The largest absolute Gasteiger partial charge is 0.399 e. The van der Waals surface area contributed by atoms with Crippen molar-refractivity contribution in [2.24, 2.45) is 5.73 Å². The summed E-state index contributed by atoms with van der Waals surface area (Å²) in [6, 6.07) is 3.88. The first-order chi connectivity index (χ1) is 8.98. The van der Waals surface area contributed by atoms with Crippen LogP contribution in [0, 0.1) is 0 Å². The van der Waals surface area contributed by atoms with E-state index in [2.05, 4.69) is 0 Å². The summed E-state index contributed by atoms with van der Waals surface area (Å²) >= 11 is 0. The fraction of sp³-hybridized carbons (Fsp3) is 0.200. The van der Waals surface area contributed by atoms with Crippen LogP contribution < -0.4 is 11.5 Å². The highest BCUT2D eigenvalue weighted by atomic mass is 32.2. The van der Waals surface area contributed by atoms with Gasteiger partial charge in [-0.2, -0.15) is 16.8 Å². The Morgan fingerprint density at radius 3 is 2.25 bits per heavy atom. The third kappa shape index (κ3) is 2.11. The molecule has 1 aliphatic rings. The minimum Gasteiger partial charge on any atom is -0.399 e. The fourth-order valence-electron chi connectivity index (χ4n) is 2.17. The number of hydrogen-bond acceptors (Lipinski definition) is 6. The molecule has 0 heterocycles. The van der Waals surface area contributed by atoms with Gasteiger partial charge in [0.15, 0.2) is 4.87 Å². The van der Waals surface area contributed by atoms with Crippen LogP contribution in [0.5, 0.6) is 0 Å². The van der Waals surface area contributed by atoms with Crippen LogP contribution in [0.2, 0.25) is 0 Å². The Bertz CT molecular complexity index is 799. The van der Waals surface area contributed by atoms with Crippen molar-refractivity contribution in [3.05, 3.63) is 35.4 Å². The second-order valence-electron chi connectivity index (χ2n) is 4.41. The van der Waals surface area contributed by atoms with E-state index >= 15 is 0 Å². The minimum atomic E-state index is -5.04. The van der Waals surface area contributed by atoms with E-state index in [1.165, 1.54) is 24.3 Å². The minimum absolute atomic E-state index is 0.167. The molecule has 6 N–H and O–H groups in total. The molecule has 2 atom stereocenters. The normalized spacial score (nSPS) is 26.2. The van der Waals surface area contributed by atoms with E-state index in [1.807, 2.05) is 0 Å². The lowest BCUT2D eigenvalue weighted by molar-refractivity contribution is 0.408. The number of fused-ring (bicyclic) bond motifs is 1. The molecule has 0 saturated carbocycles. The maximum absolute atomic E-state index is 11.6. The number of nitrogens with two attached hydrogens (primary N) is 2. The predicted molar refractivity (Wildman–Crippen MR) is 72.6 cm³/mol. The van der Waals surface area contributed by atoms with Crippen LogP contribution in [0.4, 0.5) is 5.69 Å². The van der Waals surface area contributed by atoms with E-state index < -0.39 is 30.4 Å². The molecule has 0 fully saturated rings. The molecule has 10 heteroatoms. The van der Waals surface area contributed by atoms with Gasteiger partial charge in [-0.05, 0) is 23.3 Å². The Hall–Kier alpha value is -1.46. The van der Waals surface area contributed by atoms with Crippen molar-refractivity contribution in [3.8, 4) is 0 Å². The Morgan fingerprint density at radius 2 is 1.75 bits per heavy atom. The molecule has 1 aromatic carbocycles. The van der Waals surface area contributed by atoms with Gasteiger partial charge in [-0.1, -0.05) is 18.2 Å². The van der Waals surface area contributed by atoms with Gasteiger partial charge in [0.1, 0.15) is 5.25 Å². The molecule has 0 bridgehead atoms. The van der Waals surface area contributed by atoms with Gasteiger partial charge >= 0.3 is 0 Å². The van der Waals surface area contributed by atoms with Gasteiger partial charge in [0.25, 0.3) is 20.2 Å². The van der Waals surface area contributed by atoms with Crippen LogP contribution in [0.1, 0.15) is 11.1 Å². The van der Waals surface area contributed by atoms with Crippen molar-refractivity contribution in [1.82, 2.24) is 0 Å². The average Bonchev–Trinajstić information content (AvgIpc) is 2.25. The first kappa shape index (κ1) is 14.9. The number of nitrogen functional groups attached to an aromatic ring is 1. The standard InChI is InChI=1S/C10H12N2O6S2/c11-7-2-3-8-6(5-7)1-4-9(19(13,14)15)10(8,12)20(16,17)18/h1-5,9H,11-12H2,(H,13,14,15)(H,16,17,18). The summed E-state index contributed by atoms with van der Waals surface area (Å²) in [6.45, 7) is 0. The maximum atomic E-state index is 11.6. The summed E-state index contributed by atoms with van der Waals surface area (Å²) < 4.78 is 64.4. The number of rotatable bonds is 2. The number of anilines is 1. The molecule has 0 saturated heterocycles. The zero-order valence-electron chi connectivity index (χ0n) is 9.96. The molecule has 0 amide bonds. The summed E-state index contributed by atoms with van der Waals surface area (Å²) in [5.74, 6) is 0. The Kier molecular flexibility index (Phi) is 3.19. The average molecular weight is 320 g/mol. The fourth-order valence-corrected chi connectivity index (χ4v) is 4.58. The van der Waals surface area contributed by atoms with Crippen LogP contribution in [-0.2, 0) is 25.1 Å². The van der Waals surface area contributed by atoms with Crippen molar-refractivity contribution in [2.45, 2.75) is 10.1 Å². The van der Waals surface area contributed by atoms with Crippen molar-refractivity contribution in [3.63, 3.8) is 0 Å². The second-order valence-corrected chi connectivity index (χ2v) is 7.57. The molecule has 0 aliphatic heterocycles. The summed E-state index contributed by atoms with van der Waals surface area (Å²) in [5, 5.41) is -2.03. The highest BCUT2D eigenvalue weighted by molar-refractivity contribution is 7.91. The van der Waals surface area contributed by atoms with Crippen molar-refractivity contribution < 1.29 is 25.9 Å². The van der Waals surface area contributed by atoms with Gasteiger partial charge in [0.05, 0.1) is 0 Å². The van der Waals surface area contributed by atoms with Crippen molar-refractivity contribution in [2.75, 3.05) is 5.73 Å². The van der Waals surface area contributed by atoms with Crippen LogP contribution in [0.3, 0.4) is 0 Å². The van der Waals surface area contributed by atoms with Crippen LogP contribution in [0.15, 0.2) is 24.3 Å². The monoisotopic (exact) mass is 320 g/mol. The van der Waals surface area contributed by atoms with Crippen LogP contribution in [-0.4, -0.2) is 31.2 Å². The lowest BCUT2D eigenvalue weighted by atomic mass is 9.92. The Labute approximate surface area is 115 Å². The molecule has 0 aromatic heterocycles. The van der Waals surface area contributed by atoms with Gasteiger partial charge in [-0.3, -0.25) is 9.11 Å². The zero-order valence-corrected chi connectivity index (χ0v) is 11.6. The topological polar surface area (TPSA) is 161 Å². The summed E-state index contributed by atoms with van der Waals surface area (Å²) in [6.07, 6.45) is 2.16. The molecule has 1 aliphatic carbocycles. The molecular weight excluding hydrogens is 308 g/mol. The lowest BCUT2D eigenvalue weighted by Crippen LogP contribution is -2.57. The molecule has 20 heavy (non-hydrogen) atoms. The van der Waals surface area contributed by atoms with Crippen molar-refractivity contribution >= 4 is 32.0 Å². The molecule has 110 valence electrons. The van der Waals surface area contributed by atoms with Gasteiger partial charge in [0, 0.05) is 5.69 Å². The third-order valence-corrected chi connectivity index (χ3v) is 5.77. The van der Waals surface area contributed by atoms with Crippen LogP contribution in [0.25, 0.3) is 6.08 Å². The molecule has 8 nitrogen and oxygen atoms in total. The maximum Gasteiger partial charge on any atom is 0.290 e. The Morgan fingerprint density at radius 1 is 1.15 bits per heavy atom. The second kappa shape index (κ2) is 4.27. The summed E-state index contributed by atoms with van der Waals surface area (Å²) in [7, 11) is -9.89. The first-order valence-corrected chi connectivity index (χ1v) is 8.22. The van der Waals surface area contributed by atoms with E-state index in [4.69, 9.17) is 16.0 Å². The summed E-state index contributed by atoms with van der Waals surface area (Å²) in [4.78, 5) is -2.71.